The van der Waals surface area contributed by atoms with E-state index in [1.54, 1.807) is 6.20 Å². The van der Waals surface area contributed by atoms with Gasteiger partial charge in [0.15, 0.2) is 0 Å². The van der Waals surface area contributed by atoms with Gasteiger partial charge >= 0.3 is 0 Å². The first-order valence-corrected chi connectivity index (χ1v) is 7.58. The summed E-state index contributed by atoms with van der Waals surface area (Å²) in [6, 6.07) is 7.88. The molecule has 0 bridgehead atoms. The summed E-state index contributed by atoms with van der Waals surface area (Å²) in [5.41, 5.74) is 8.77. The number of anilines is 2. The zero-order valence-electron chi connectivity index (χ0n) is 10.6. The first-order chi connectivity index (χ1) is 8.83. The Labute approximate surface area is 112 Å². The molecule has 0 atom stereocenters. The summed E-state index contributed by atoms with van der Waals surface area (Å²) in [5, 5.41) is 4.47. The zero-order chi connectivity index (χ0) is 12.8. The van der Waals surface area contributed by atoms with Crippen LogP contribution in [0.1, 0.15) is 12.8 Å². The maximum Gasteiger partial charge on any atom is 0.0953 e. The number of nitrogen functional groups attached to an aromatic ring is 1. The van der Waals surface area contributed by atoms with E-state index in [1.807, 2.05) is 36.0 Å². The van der Waals surface area contributed by atoms with E-state index in [-0.39, 0.29) is 0 Å². The Balaban J connectivity index is 2.07. The first-order valence-electron chi connectivity index (χ1n) is 6.19. The van der Waals surface area contributed by atoms with Crippen molar-refractivity contribution in [3.63, 3.8) is 0 Å². The highest BCUT2D eigenvalue weighted by atomic mass is 32.2. The van der Waals surface area contributed by atoms with Gasteiger partial charge in [0, 0.05) is 23.8 Å². The summed E-state index contributed by atoms with van der Waals surface area (Å²) in [7, 11) is 0. The molecule has 96 valence electrons. The fraction of sp³-hybridized carbons (Fsp3) is 0.357. The Morgan fingerprint density at radius 1 is 1.28 bits per heavy atom. The number of thioether (sulfide) groups is 1. The molecule has 0 aliphatic carbocycles. The highest BCUT2D eigenvalue weighted by molar-refractivity contribution is 7.98. The van der Waals surface area contributed by atoms with E-state index >= 15 is 0 Å². The Bertz CT molecular complexity index is 513. The van der Waals surface area contributed by atoms with Gasteiger partial charge in [-0.05, 0) is 49.1 Å². The molecule has 0 unspecified atom stereocenters. The topological polar surface area (TPSA) is 50.9 Å². The SMILES string of the molecule is CSCCCCNc1ccc(N)c2cccnc12. The molecule has 3 nitrogen and oxygen atoms in total. The van der Waals surface area contributed by atoms with E-state index in [0.29, 0.717) is 0 Å². The number of rotatable bonds is 6. The van der Waals surface area contributed by atoms with Crippen LogP contribution in [0.15, 0.2) is 30.5 Å². The third-order valence-electron chi connectivity index (χ3n) is 2.89. The number of unbranched alkanes of at least 4 members (excludes halogenated alkanes) is 1. The highest BCUT2D eigenvalue weighted by Crippen LogP contribution is 2.26. The average Bonchev–Trinajstić information content (AvgIpc) is 2.41. The summed E-state index contributed by atoms with van der Waals surface area (Å²) in [6.45, 7) is 0.982. The van der Waals surface area contributed by atoms with Crippen LogP contribution in [0.3, 0.4) is 0 Å². The van der Waals surface area contributed by atoms with Gasteiger partial charge in [-0.15, -0.1) is 0 Å². The molecule has 0 saturated carbocycles. The number of hydrogen-bond acceptors (Lipinski definition) is 4. The molecule has 0 aliphatic heterocycles. The number of fused-ring (bicyclic) bond motifs is 1. The van der Waals surface area contributed by atoms with Crippen molar-refractivity contribution in [2.45, 2.75) is 12.8 Å². The average molecular weight is 261 g/mol. The smallest absolute Gasteiger partial charge is 0.0953 e. The fourth-order valence-electron chi connectivity index (χ4n) is 1.93. The minimum Gasteiger partial charge on any atom is -0.398 e. The molecule has 0 saturated heterocycles. The van der Waals surface area contributed by atoms with Crippen LogP contribution in [0, 0.1) is 0 Å². The predicted molar refractivity (Wildman–Crippen MR) is 82.3 cm³/mol. The molecule has 0 spiro atoms. The summed E-state index contributed by atoms with van der Waals surface area (Å²) < 4.78 is 0. The lowest BCUT2D eigenvalue weighted by atomic mass is 10.1. The molecular formula is C14H19N3S. The fourth-order valence-corrected chi connectivity index (χ4v) is 2.42. The second kappa shape index (κ2) is 6.50. The van der Waals surface area contributed by atoms with Crippen molar-refractivity contribution in [1.82, 2.24) is 4.98 Å². The number of pyridine rings is 1. The van der Waals surface area contributed by atoms with E-state index in [1.165, 1.54) is 18.6 Å². The summed E-state index contributed by atoms with van der Waals surface area (Å²) in [6.07, 6.45) is 6.37. The molecule has 0 radical (unpaired) electrons. The van der Waals surface area contributed by atoms with Gasteiger partial charge in [-0.3, -0.25) is 4.98 Å². The molecule has 1 aromatic heterocycles. The standard InChI is InChI=1S/C14H19N3S/c1-18-10-3-2-8-16-13-7-6-12(15)11-5-4-9-17-14(11)13/h4-7,9,16H,2-3,8,10,15H2,1H3. The summed E-state index contributed by atoms with van der Waals surface area (Å²) in [4.78, 5) is 4.41. The molecule has 0 fully saturated rings. The lowest BCUT2D eigenvalue weighted by molar-refractivity contribution is 0.844. The van der Waals surface area contributed by atoms with Crippen LogP contribution in [0.4, 0.5) is 11.4 Å². The van der Waals surface area contributed by atoms with Gasteiger partial charge in [0.1, 0.15) is 0 Å². The molecule has 2 rings (SSSR count). The van der Waals surface area contributed by atoms with Crippen molar-refractivity contribution in [2.75, 3.05) is 29.6 Å². The van der Waals surface area contributed by atoms with Gasteiger partial charge in [-0.25, -0.2) is 0 Å². The van der Waals surface area contributed by atoms with Crippen LogP contribution in [-0.2, 0) is 0 Å². The van der Waals surface area contributed by atoms with Crippen molar-refractivity contribution >= 4 is 34.0 Å². The molecule has 1 heterocycles. The first kappa shape index (κ1) is 13.0. The van der Waals surface area contributed by atoms with E-state index in [2.05, 4.69) is 16.6 Å². The van der Waals surface area contributed by atoms with Crippen LogP contribution in [0.25, 0.3) is 10.9 Å². The Morgan fingerprint density at radius 3 is 3.00 bits per heavy atom. The van der Waals surface area contributed by atoms with Crippen molar-refractivity contribution in [3.05, 3.63) is 30.5 Å². The van der Waals surface area contributed by atoms with Crippen molar-refractivity contribution in [1.29, 1.82) is 0 Å². The molecule has 18 heavy (non-hydrogen) atoms. The molecule has 1 aromatic carbocycles. The van der Waals surface area contributed by atoms with Gasteiger partial charge in [0.25, 0.3) is 0 Å². The Hall–Kier alpha value is -1.42. The highest BCUT2D eigenvalue weighted by Gasteiger charge is 2.03. The lowest BCUT2D eigenvalue weighted by Gasteiger charge is -2.10. The van der Waals surface area contributed by atoms with E-state index in [4.69, 9.17) is 5.73 Å². The summed E-state index contributed by atoms with van der Waals surface area (Å²) in [5.74, 6) is 1.22. The molecule has 0 amide bonds. The van der Waals surface area contributed by atoms with E-state index < -0.39 is 0 Å². The van der Waals surface area contributed by atoms with E-state index in [0.717, 1.165) is 28.8 Å². The van der Waals surface area contributed by atoms with Gasteiger partial charge in [0.2, 0.25) is 0 Å². The normalized spacial score (nSPS) is 10.7. The third kappa shape index (κ3) is 3.07. The maximum absolute atomic E-state index is 5.95. The second-order valence-electron chi connectivity index (χ2n) is 4.23. The van der Waals surface area contributed by atoms with Gasteiger partial charge < -0.3 is 11.1 Å². The minimum atomic E-state index is 0.783. The molecule has 4 heteroatoms. The molecular weight excluding hydrogens is 242 g/mol. The van der Waals surface area contributed by atoms with Crippen LogP contribution in [0.2, 0.25) is 0 Å². The number of nitrogens with zero attached hydrogens (tertiary/aromatic N) is 1. The maximum atomic E-state index is 5.95. The minimum absolute atomic E-state index is 0.783. The van der Waals surface area contributed by atoms with Crippen LogP contribution in [0.5, 0.6) is 0 Å². The Morgan fingerprint density at radius 2 is 2.17 bits per heavy atom. The lowest BCUT2D eigenvalue weighted by Crippen LogP contribution is -2.03. The predicted octanol–water partition coefficient (Wildman–Crippen LogP) is 3.37. The van der Waals surface area contributed by atoms with Crippen LogP contribution in [-0.4, -0.2) is 23.5 Å². The van der Waals surface area contributed by atoms with E-state index in [9.17, 15) is 0 Å². The monoisotopic (exact) mass is 261 g/mol. The third-order valence-corrected chi connectivity index (χ3v) is 3.59. The van der Waals surface area contributed by atoms with Crippen molar-refractivity contribution in [3.8, 4) is 0 Å². The molecule has 2 aromatic rings. The zero-order valence-corrected chi connectivity index (χ0v) is 11.5. The molecule has 0 aliphatic rings. The number of nitrogens with two attached hydrogens (primary N) is 1. The second-order valence-corrected chi connectivity index (χ2v) is 5.21. The number of nitrogens with one attached hydrogen (secondary N) is 1. The van der Waals surface area contributed by atoms with Crippen molar-refractivity contribution < 1.29 is 0 Å². The van der Waals surface area contributed by atoms with Crippen LogP contribution >= 0.6 is 11.8 Å². The Kier molecular flexibility index (Phi) is 4.70. The van der Waals surface area contributed by atoms with Crippen LogP contribution < -0.4 is 11.1 Å². The van der Waals surface area contributed by atoms with Gasteiger partial charge in [0.05, 0.1) is 11.2 Å². The number of aromatic nitrogens is 1. The van der Waals surface area contributed by atoms with Crippen molar-refractivity contribution in [2.24, 2.45) is 0 Å². The van der Waals surface area contributed by atoms with Gasteiger partial charge in [-0.2, -0.15) is 11.8 Å². The number of benzene rings is 1. The number of hydrogen-bond donors (Lipinski definition) is 2. The molecule has 3 N–H and O–H groups in total. The van der Waals surface area contributed by atoms with Gasteiger partial charge in [-0.1, -0.05) is 0 Å². The quantitative estimate of drug-likeness (QED) is 0.618. The largest absolute Gasteiger partial charge is 0.398 e. The summed E-state index contributed by atoms with van der Waals surface area (Å²) >= 11 is 1.90.